The van der Waals surface area contributed by atoms with E-state index in [9.17, 15) is 9.90 Å². The molecule has 2 aliphatic heterocycles. The molecule has 0 aromatic heterocycles. The highest BCUT2D eigenvalue weighted by molar-refractivity contribution is 5.67. The lowest BCUT2D eigenvalue weighted by Gasteiger charge is -2.46. The van der Waals surface area contributed by atoms with Crippen LogP contribution in [0.15, 0.2) is 24.3 Å². The maximum atomic E-state index is 11.8. The third-order valence-electron chi connectivity index (χ3n) is 5.21. The number of nitrogens with zero attached hydrogens (tertiary/aromatic N) is 3. The second kappa shape index (κ2) is 11.0. The Balaban J connectivity index is 1.35. The van der Waals surface area contributed by atoms with E-state index in [1.165, 1.54) is 0 Å². The maximum Gasteiger partial charge on any atom is 0.407 e. The monoisotopic (exact) mass is 446 g/mol. The summed E-state index contributed by atoms with van der Waals surface area (Å²) in [7, 11) is 0. The number of ether oxygens (including phenoxy) is 3. The molecule has 3 rings (SSSR count). The lowest BCUT2D eigenvalue weighted by molar-refractivity contribution is -0.142. The van der Waals surface area contributed by atoms with Gasteiger partial charge in [0, 0.05) is 45.8 Å². The summed E-state index contributed by atoms with van der Waals surface area (Å²) in [4.78, 5) is 19.7. The maximum absolute atomic E-state index is 11.8. The molecule has 3 atom stereocenters. The summed E-state index contributed by atoms with van der Waals surface area (Å²) in [5.41, 5.74) is 0.0646. The first kappa shape index (κ1) is 24.3. The van der Waals surface area contributed by atoms with Gasteiger partial charge in [0.2, 0.25) is 0 Å². The largest absolute Gasteiger partial charge is 0.491 e. The zero-order valence-corrected chi connectivity index (χ0v) is 19.1. The topological polar surface area (TPSA) is 87.9 Å². The fraction of sp³-hybridized carbons (Fsp3) is 0.652. The molecular formula is C23H34N4O5. The van der Waals surface area contributed by atoms with Gasteiger partial charge in [-0.2, -0.15) is 0 Å². The average Bonchev–Trinajstić information content (AvgIpc) is 2.70. The van der Waals surface area contributed by atoms with Crippen molar-refractivity contribution >= 4 is 11.8 Å². The van der Waals surface area contributed by atoms with Gasteiger partial charge in [-0.1, -0.05) is 12.1 Å². The van der Waals surface area contributed by atoms with E-state index < -0.39 is 17.8 Å². The number of benzene rings is 1. The van der Waals surface area contributed by atoms with Gasteiger partial charge < -0.3 is 24.6 Å². The van der Waals surface area contributed by atoms with Crippen molar-refractivity contribution < 1.29 is 24.1 Å². The van der Waals surface area contributed by atoms with Crippen LogP contribution in [-0.4, -0.2) is 97.3 Å². The van der Waals surface area contributed by atoms with Crippen LogP contribution in [0.4, 0.5) is 10.5 Å². The molecule has 1 aromatic rings. The second-order valence-electron chi connectivity index (χ2n) is 9.36. The Morgan fingerprint density at radius 2 is 1.84 bits per heavy atom. The second-order valence-corrected chi connectivity index (χ2v) is 9.36. The van der Waals surface area contributed by atoms with Crippen LogP contribution in [-0.2, 0) is 9.47 Å². The Labute approximate surface area is 190 Å². The lowest BCUT2D eigenvalue weighted by atomic mass is 10.1. The molecular weight excluding hydrogens is 412 g/mol. The quantitative estimate of drug-likeness (QED) is 0.590. The number of carbonyl (C=O) groups excluding carboxylic acids is 1. The summed E-state index contributed by atoms with van der Waals surface area (Å²) in [5, 5.41) is 13.2. The molecule has 1 amide bonds. The molecule has 2 fully saturated rings. The van der Waals surface area contributed by atoms with Crippen molar-refractivity contribution in [1.29, 1.82) is 0 Å². The van der Waals surface area contributed by atoms with Crippen LogP contribution in [0.5, 0.6) is 5.75 Å². The zero-order valence-electron chi connectivity index (χ0n) is 19.1. The Kier molecular flexibility index (Phi) is 8.32. The summed E-state index contributed by atoms with van der Waals surface area (Å²) < 4.78 is 17.0. The summed E-state index contributed by atoms with van der Waals surface area (Å²) in [6, 6.07) is 6.89. The first-order chi connectivity index (χ1) is 15.2. The highest BCUT2D eigenvalue weighted by atomic mass is 16.6. The van der Waals surface area contributed by atoms with Gasteiger partial charge in [0.1, 0.15) is 24.1 Å². The minimum atomic E-state index is -0.608. The molecule has 9 nitrogen and oxygen atoms in total. The van der Waals surface area contributed by atoms with Crippen LogP contribution in [0.2, 0.25) is 0 Å². The van der Waals surface area contributed by atoms with Gasteiger partial charge in [-0.15, -0.1) is 0 Å². The average molecular weight is 447 g/mol. The highest BCUT2D eigenvalue weighted by Crippen LogP contribution is 2.20. The fourth-order valence-electron chi connectivity index (χ4n) is 3.98. The molecule has 2 aliphatic rings. The van der Waals surface area contributed by atoms with Crippen molar-refractivity contribution in [3.05, 3.63) is 35.7 Å². The first-order valence-corrected chi connectivity index (χ1v) is 11.1. The Morgan fingerprint density at radius 3 is 2.44 bits per heavy atom. The van der Waals surface area contributed by atoms with Crippen LogP contribution in [0, 0.1) is 6.57 Å². The molecule has 9 heteroatoms. The molecule has 2 unspecified atom stereocenters. The number of hydrogen-bond donors (Lipinski definition) is 2. The number of alkyl carbamates (subject to hydrolysis) is 1. The molecule has 0 radical (unpaired) electrons. The molecule has 0 saturated carbocycles. The van der Waals surface area contributed by atoms with Gasteiger partial charge in [0.25, 0.3) is 0 Å². The van der Waals surface area contributed by atoms with E-state index in [2.05, 4.69) is 20.0 Å². The van der Waals surface area contributed by atoms with E-state index in [0.29, 0.717) is 24.5 Å². The number of carbonyl (C=O) groups is 1. The fourth-order valence-corrected chi connectivity index (χ4v) is 3.98. The summed E-state index contributed by atoms with van der Waals surface area (Å²) in [6.07, 6.45) is -0.837. The van der Waals surface area contributed by atoms with Crippen LogP contribution >= 0.6 is 0 Å². The molecule has 2 bridgehead atoms. The Morgan fingerprint density at radius 1 is 1.22 bits per heavy atom. The van der Waals surface area contributed by atoms with E-state index in [1.807, 2.05) is 20.8 Å². The number of morpholine rings is 2. The SMILES string of the molecule is [C-]#[N+]c1ccc(OC[C@@H](O)CN2CC3CN(CCNC(=O)OC(C)(C)C)CC(C2)O3)cc1. The molecule has 176 valence electrons. The number of hydrogen-bond acceptors (Lipinski definition) is 7. The third kappa shape index (κ3) is 7.95. The minimum absolute atomic E-state index is 0.0818. The van der Waals surface area contributed by atoms with Crippen molar-refractivity contribution in [2.75, 3.05) is 52.4 Å². The number of rotatable bonds is 8. The number of β-amino-alcohol motifs (C(OH)–C–C–N with tert-alkyl or cyclic N) is 1. The molecule has 2 N–H and O–H groups in total. The third-order valence-corrected chi connectivity index (χ3v) is 5.21. The number of amides is 1. The zero-order chi connectivity index (χ0) is 23.1. The lowest BCUT2D eigenvalue weighted by Crippen LogP contribution is -2.61. The molecule has 2 saturated heterocycles. The predicted molar refractivity (Wildman–Crippen MR) is 120 cm³/mol. The number of nitrogens with one attached hydrogen (secondary N) is 1. The van der Waals surface area contributed by atoms with E-state index in [4.69, 9.17) is 20.8 Å². The standard InChI is InChI=1S/C23H34N4O5/c1-23(2,3)32-22(29)25-9-10-26-12-20-14-27(15-21(13-26)31-20)11-18(28)16-30-19-7-5-17(24-4)6-8-19/h5-8,18,20-21,28H,9-16H2,1-3H3,(H,25,29)/t18-,20?,21?/m0/s1. The smallest absolute Gasteiger partial charge is 0.407 e. The van der Waals surface area contributed by atoms with Crippen molar-refractivity contribution in [3.8, 4) is 5.75 Å². The minimum Gasteiger partial charge on any atom is -0.491 e. The van der Waals surface area contributed by atoms with E-state index in [1.54, 1.807) is 24.3 Å². The molecule has 0 aliphatic carbocycles. The highest BCUT2D eigenvalue weighted by Gasteiger charge is 2.35. The van der Waals surface area contributed by atoms with Crippen molar-refractivity contribution in [3.63, 3.8) is 0 Å². The van der Waals surface area contributed by atoms with Gasteiger partial charge in [-0.25, -0.2) is 9.64 Å². The molecule has 1 aromatic carbocycles. The van der Waals surface area contributed by atoms with Crippen LogP contribution in [0.25, 0.3) is 4.85 Å². The van der Waals surface area contributed by atoms with Gasteiger partial charge >= 0.3 is 6.09 Å². The van der Waals surface area contributed by atoms with Crippen molar-refractivity contribution in [2.45, 2.75) is 44.7 Å². The van der Waals surface area contributed by atoms with Gasteiger partial charge in [0.05, 0.1) is 18.8 Å². The number of aliphatic hydroxyl groups is 1. The normalized spacial score (nSPS) is 22.6. The number of fused-ring (bicyclic) bond motifs is 2. The van der Waals surface area contributed by atoms with E-state index >= 15 is 0 Å². The first-order valence-electron chi connectivity index (χ1n) is 11.1. The summed E-state index contributed by atoms with van der Waals surface area (Å²) in [5.74, 6) is 0.644. The molecule has 0 spiro atoms. The van der Waals surface area contributed by atoms with Gasteiger partial charge in [-0.05, 0) is 32.9 Å². The van der Waals surface area contributed by atoms with Crippen molar-refractivity contribution in [1.82, 2.24) is 15.1 Å². The van der Waals surface area contributed by atoms with Crippen LogP contribution in [0.3, 0.4) is 0 Å². The van der Waals surface area contributed by atoms with E-state index in [0.717, 1.165) is 32.7 Å². The Bertz CT molecular complexity index is 775. The molecule has 2 heterocycles. The molecule has 32 heavy (non-hydrogen) atoms. The van der Waals surface area contributed by atoms with Gasteiger partial charge in [0.15, 0.2) is 5.69 Å². The summed E-state index contributed by atoms with van der Waals surface area (Å²) in [6.45, 7) is 17.6. The number of aliphatic hydroxyl groups excluding tert-OH is 1. The van der Waals surface area contributed by atoms with Crippen LogP contribution < -0.4 is 10.1 Å². The van der Waals surface area contributed by atoms with E-state index in [-0.39, 0.29) is 18.8 Å². The van der Waals surface area contributed by atoms with Crippen LogP contribution in [0.1, 0.15) is 20.8 Å². The Hall–Kier alpha value is -2.38. The van der Waals surface area contributed by atoms with Gasteiger partial charge in [-0.3, -0.25) is 9.80 Å². The van der Waals surface area contributed by atoms with Crippen molar-refractivity contribution in [2.24, 2.45) is 0 Å². The predicted octanol–water partition coefficient (Wildman–Crippen LogP) is 1.89. The summed E-state index contributed by atoms with van der Waals surface area (Å²) >= 11 is 0.